The fourth-order valence-corrected chi connectivity index (χ4v) is 3.29. The van der Waals surface area contributed by atoms with Crippen LogP contribution in [0, 0.1) is 0 Å². The number of rotatable bonds is 3. The summed E-state index contributed by atoms with van der Waals surface area (Å²) in [5, 5.41) is 22.3. The van der Waals surface area contributed by atoms with Crippen molar-refractivity contribution in [3.63, 3.8) is 0 Å². The molecule has 0 aliphatic carbocycles. The molecular formula is C16H21N3O3. The molecule has 0 bridgehead atoms. The first-order chi connectivity index (χ1) is 10.3. The number of aliphatic hydroxyl groups excluding tert-OH is 2. The Morgan fingerprint density at radius 3 is 2.41 bits per heavy atom. The average molecular weight is 303 g/mol. The van der Waals surface area contributed by atoms with E-state index in [1.807, 2.05) is 19.9 Å². The van der Waals surface area contributed by atoms with Gasteiger partial charge < -0.3 is 10.2 Å². The van der Waals surface area contributed by atoms with Crippen molar-refractivity contribution < 1.29 is 10.2 Å². The maximum atomic E-state index is 12.9. The zero-order chi connectivity index (χ0) is 16.2. The van der Waals surface area contributed by atoms with Gasteiger partial charge in [-0.2, -0.15) is 0 Å². The molecule has 1 aromatic heterocycles. The largest absolute Gasteiger partial charge is 0.391 e. The van der Waals surface area contributed by atoms with E-state index in [4.69, 9.17) is 0 Å². The molecule has 118 valence electrons. The van der Waals surface area contributed by atoms with Gasteiger partial charge in [0.1, 0.15) is 6.10 Å². The zero-order valence-electron chi connectivity index (χ0n) is 13.2. The van der Waals surface area contributed by atoms with Crippen LogP contribution in [0.2, 0.25) is 0 Å². The highest BCUT2D eigenvalue weighted by atomic mass is 16.3. The lowest BCUT2D eigenvalue weighted by Gasteiger charge is -2.19. The Hall–Kier alpha value is -1.92. The fourth-order valence-electron chi connectivity index (χ4n) is 3.29. The topological polar surface area (TPSA) is 78.4 Å². The van der Waals surface area contributed by atoms with Gasteiger partial charge in [-0.05, 0) is 39.8 Å². The normalized spacial score (nSPS) is 22.6. The van der Waals surface area contributed by atoms with Gasteiger partial charge in [-0.3, -0.25) is 9.80 Å². The summed E-state index contributed by atoms with van der Waals surface area (Å²) in [6.07, 6.45) is -1.47. The Labute approximate surface area is 128 Å². The third kappa shape index (κ3) is 2.02. The number of hydrogen-bond acceptors (Lipinski definition) is 5. The van der Waals surface area contributed by atoms with Crippen molar-refractivity contribution in [1.82, 2.24) is 9.66 Å². The second-order valence-corrected chi connectivity index (χ2v) is 6.46. The van der Waals surface area contributed by atoms with Crippen molar-refractivity contribution >= 4 is 10.9 Å². The van der Waals surface area contributed by atoms with Crippen molar-refractivity contribution in [2.75, 3.05) is 5.01 Å². The lowest BCUT2D eigenvalue weighted by molar-refractivity contribution is 0.177. The molecule has 1 saturated heterocycles. The number of benzene rings is 1. The number of para-hydroxylation sites is 1. The molecule has 1 fully saturated rings. The van der Waals surface area contributed by atoms with Crippen LogP contribution in [-0.2, 0) is 0 Å². The predicted octanol–water partition coefficient (Wildman–Crippen LogP) is 0.929. The Morgan fingerprint density at radius 1 is 1.23 bits per heavy atom. The van der Waals surface area contributed by atoms with Crippen LogP contribution < -0.4 is 10.6 Å². The molecule has 6 nitrogen and oxygen atoms in total. The van der Waals surface area contributed by atoms with Crippen molar-refractivity contribution in [1.29, 1.82) is 0 Å². The smallest absolute Gasteiger partial charge is 0.280 e. The van der Waals surface area contributed by atoms with Gasteiger partial charge >= 0.3 is 0 Å². The Balaban J connectivity index is 2.27. The SMILES string of the molecule is C[C@H](O)c1nc2ccccc2c(=O)n1N1[C@@H]([C@H](C)O)C1(C)C. The Bertz CT molecular complexity index is 780. The minimum Gasteiger partial charge on any atom is -0.391 e. The van der Waals surface area contributed by atoms with Crippen LogP contribution in [0.4, 0.5) is 0 Å². The van der Waals surface area contributed by atoms with E-state index in [0.717, 1.165) is 0 Å². The summed E-state index contributed by atoms with van der Waals surface area (Å²) in [5.41, 5.74) is -0.0307. The molecule has 0 amide bonds. The minimum atomic E-state index is -0.886. The van der Waals surface area contributed by atoms with Gasteiger partial charge in [-0.15, -0.1) is 0 Å². The summed E-state index contributed by atoms with van der Waals surface area (Å²) >= 11 is 0. The van der Waals surface area contributed by atoms with Crippen LogP contribution in [0.3, 0.4) is 0 Å². The van der Waals surface area contributed by atoms with E-state index in [-0.39, 0.29) is 17.1 Å². The quantitative estimate of drug-likeness (QED) is 0.825. The van der Waals surface area contributed by atoms with Crippen molar-refractivity contribution in [3.8, 4) is 0 Å². The molecule has 3 atom stereocenters. The van der Waals surface area contributed by atoms with Gasteiger partial charge in [0.2, 0.25) is 0 Å². The summed E-state index contributed by atoms with van der Waals surface area (Å²) in [6, 6.07) is 6.89. The van der Waals surface area contributed by atoms with Gasteiger partial charge in [0.25, 0.3) is 5.56 Å². The number of aliphatic hydroxyl groups is 2. The van der Waals surface area contributed by atoms with E-state index in [9.17, 15) is 15.0 Å². The van der Waals surface area contributed by atoms with E-state index in [1.54, 1.807) is 37.1 Å². The standard InChI is InChI=1S/C16H21N3O3/c1-9(20)13-16(3,4)19(13)18-14(10(2)21)17-12-8-6-5-7-11(12)15(18)22/h5-10,13,20-21H,1-4H3/t9-,10-,13-,19?/m0/s1. The molecule has 1 aliphatic heterocycles. The van der Waals surface area contributed by atoms with E-state index < -0.39 is 12.2 Å². The molecule has 2 N–H and O–H groups in total. The summed E-state index contributed by atoms with van der Waals surface area (Å²) in [6.45, 7) is 7.20. The van der Waals surface area contributed by atoms with Crippen molar-refractivity contribution in [2.45, 2.75) is 51.5 Å². The first-order valence-electron chi connectivity index (χ1n) is 7.44. The number of aromatic nitrogens is 2. The van der Waals surface area contributed by atoms with Crippen LogP contribution in [-0.4, -0.2) is 37.6 Å². The first-order valence-corrected chi connectivity index (χ1v) is 7.44. The number of hydrogen-bond donors (Lipinski definition) is 2. The molecule has 22 heavy (non-hydrogen) atoms. The fraction of sp³-hybridized carbons (Fsp3) is 0.500. The van der Waals surface area contributed by atoms with Crippen LogP contribution in [0.15, 0.2) is 29.1 Å². The predicted molar refractivity (Wildman–Crippen MR) is 84.4 cm³/mol. The van der Waals surface area contributed by atoms with Crippen LogP contribution >= 0.6 is 0 Å². The highest BCUT2D eigenvalue weighted by Crippen LogP contribution is 2.40. The van der Waals surface area contributed by atoms with E-state index >= 15 is 0 Å². The van der Waals surface area contributed by atoms with Gasteiger partial charge in [0, 0.05) is 0 Å². The highest BCUT2D eigenvalue weighted by molar-refractivity contribution is 5.77. The summed E-state index contributed by atoms with van der Waals surface area (Å²) in [7, 11) is 0. The van der Waals surface area contributed by atoms with E-state index in [0.29, 0.717) is 16.7 Å². The summed E-state index contributed by atoms with van der Waals surface area (Å²) in [5.74, 6) is 0.292. The molecule has 2 heterocycles. The second kappa shape index (κ2) is 4.79. The molecule has 0 spiro atoms. The third-order valence-electron chi connectivity index (χ3n) is 4.33. The lowest BCUT2D eigenvalue weighted by Crippen LogP contribution is -2.37. The Kier molecular flexibility index (Phi) is 3.27. The lowest BCUT2D eigenvalue weighted by atomic mass is 10.1. The number of fused-ring (bicyclic) bond motifs is 1. The van der Waals surface area contributed by atoms with Crippen molar-refractivity contribution in [3.05, 3.63) is 40.4 Å². The number of nitrogens with zero attached hydrogens (tertiary/aromatic N) is 3. The Morgan fingerprint density at radius 2 is 1.86 bits per heavy atom. The maximum Gasteiger partial charge on any atom is 0.280 e. The van der Waals surface area contributed by atoms with Crippen LogP contribution in [0.5, 0.6) is 0 Å². The van der Waals surface area contributed by atoms with Crippen LogP contribution in [0.25, 0.3) is 10.9 Å². The summed E-state index contributed by atoms with van der Waals surface area (Å²) < 4.78 is 1.42. The van der Waals surface area contributed by atoms with E-state index in [1.165, 1.54) is 4.68 Å². The van der Waals surface area contributed by atoms with Crippen LogP contribution in [0.1, 0.15) is 39.6 Å². The molecule has 2 aromatic rings. The highest BCUT2D eigenvalue weighted by Gasteiger charge is 2.60. The van der Waals surface area contributed by atoms with E-state index in [2.05, 4.69) is 4.98 Å². The van der Waals surface area contributed by atoms with Gasteiger partial charge in [-0.25, -0.2) is 9.66 Å². The van der Waals surface area contributed by atoms with Gasteiger partial charge in [-0.1, -0.05) is 12.1 Å². The molecule has 0 radical (unpaired) electrons. The first kappa shape index (κ1) is 15.0. The average Bonchev–Trinajstić information content (AvgIpc) is 3.01. The zero-order valence-corrected chi connectivity index (χ0v) is 13.2. The molecule has 1 aromatic carbocycles. The third-order valence-corrected chi connectivity index (χ3v) is 4.33. The van der Waals surface area contributed by atoms with Gasteiger partial charge in [0.05, 0.1) is 28.6 Å². The maximum absolute atomic E-state index is 12.9. The molecule has 0 unspecified atom stereocenters. The molecular weight excluding hydrogens is 282 g/mol. The molecule has 0 saturated carbocycles. The molecule has 3 rings (SSSR count). The summed E-state index contributed by atoms with van der Waals surface area (Å²) in [4.78, 5) is 17.3. The minimum absolute atomic E-state index is 0.189. The second-order valence-electron chi connectivity index (χ2n) is 6.46. The van der Waals surface area contributed by atoms with Gasteiger partial charge in [0.15, 0.2) is 5.82 Å². The monoisotopic (exact) mass is 303 g/mol. The molecule has 6 heteroatoms. The molecule has 1 aliphatic rings. The van der Waals surface area contributed by atoms with Crippen molar-refractivity contribution in [2.24, 2.45) is 0 Å².